The number of carboxylic acid groups (broad SMARTS) is 1. The average Bonchev–Trinajstić information content (AvgIpc) is 3.23. The predicted molar refractivity (Wildman–Crippen MR) is 60.4 cm³/mol. The van der Waals surface area contributed by atoms with Gasteiger partial charge in [-0.25, -0.2) is 0 Å². The minimum absolute atomic E-state index is 0.312. The second-order valence-corrected chi connectivity index (χ2v) is 43.1. The zero-order valence-electron chi connectivity index (χ0n) is 10.2. The molecule has 10 heterocycles. The van der Waals surface area contributed by atoms with Gasteiger partial charge in [0.05, 0.1) is 0 Å². The molecule has 0 radical (unpaired) electrons. The molecule has 4 heteroatoms. The third kappa shape index (κ3) is 0.0821. The number of carboxylic acids is 1. The van der Waals surface area contributed by atoms with Gasteiger partial charge in [-0.2, -0.15) is 0 Å². The van der Waals surface area contributed by atoms with E-state index in [1.807, 2.05) is 0 Å². The van der Waals surface area contributed by atoms with Crippen molar-refractivity contribution in [1.82, 2.24) is 0 Å². The molecular formula is C14H16O3V. The van der Waals surface area contributed by atoms with E-state index in [1.165, 1.54) is 6.92 Å². The summed E-state index contributed by atoms with van der Waals surface area (Å²) in [6, 6.07) is 0. The summed E-state index contributed by atoms with van der Waals surface area (Å²) >= 11 is 0. The predicted octanol–water partition coefficient (Wildman–Crippen LogP) is 3.43. The van der Waals surface area contributed by atoms with Crippen LogP contribution >= 0.6 is 0 Å². The van der Waals surface area contributed by atoms with Gasteiger partial charge in [-0.3, -0.25) is 9.59 Å². The summed E-state index contributed by atoms with van der Waals surface area (Å²) in [6.07, 6.45) is -0.361. The summed E-state index contributed by atoms with van der Waals surface area (Å²) in [7, 11) is -2.55. The second kappa shape index (κ2) is 0.619. The molecule has 18 heavy (non-hydrogen) atoms. The SMILES string of the molecule is CC(=O)CC(=O)O.[CH]12[CH]3[CH]4[CH]5[CH]1[V]23451678[CH]2[CH]1[CH]6[CH]7[CH]28. The number of rotatable bonds is 2. The summed E-state index contributed by atoms with van der Waals surface area (Å²) in [5.41, 5.74) is 0. The third-order valence-electron chi connectivity index (χ3n) is 18.5. The quantitative estimate of drug-likeness (QED) is 0.790. The first-order valence-electron chi connectivity index (χ1n) is 7.75. The molecule has 1 spiro atoms. The normalized spacial score (nSPS) is 108. The molecule has 10 rings (SSSR count). The second-order valence-electron chi connectivity index (χ2n) is 12.9. The van der Waals surface area contributed by atoms with E-state index in [0.717, 1.165) is 0 Å². The monoisotopic (exact) mass is 283 g/mol. The summed E-state index contributed by atoms with van der Waals surface area (Å²) in [6.45, 7) is 1.24. The fraction of sp³-hybridized carbons (Fsp3) is 0.857. The molecule has 1 N–H and O–H groups in total. The maximum atomic E-state index is 9.87. The number of Topliss-reactive ketones (excluding diaryl/α,β-unsaturated/α-hetero) is 1. The first-order chi connectivity index (χ1) is 8.28. The summed E-state index contributed by atoms with van der Waals surface area (Å²) < 4.78 is 16.1. The van der Waals surface area contributed by atoms with E-state index in [9.17, 15) is 9.59 Å². The number of fused-ring (bicyclic) bond motifs is 10. The molecule has 0 aromatic carbocycles. The van der Waals surface area contributed by atoms with Crippen molar-refractivity contribution in [2.45, 2.75) is 59.6 Å². The molecule has 0 aromatic rings. The standard InChI is InChI=1S/2C5H5.C4H6O3.V/c2*1-2-4-5-3-1;1-3(5)2-4(6)7;/h2*1-5H;2H2,1H3,(H,6,7);. The molecule has 10 aliphatic heterocycles. The Bertz CT molecular complexity index is 767. The molecule has 0 atom stereocenters. The Balaban J connectivity index is 0.0000000885. The molecule has 0 bridgehead atoms. The van der Waals surface area contributed by atoms with Crippen LogP contribution in [0.15, 0.2) is 0 Å². The third-order valence-corrected chi connectivity index (χ3v) is 71.5. The van der Waals surface area contributed by atoms with Crippen LogP contribution in [0.4, 0.5) is 0 Å². The van der Waals surface area contributed by atoms with Crippen molar-refractivity contribution >= 4 is 11.8 Å². The van der Waals surface area contributed by atoms with Crippen molar-refractivity contribution in [3.8, 4) is 0 Å². The van der Waals surface area contributed by atoms with Gasteiger partial charge in [-0.15, -0.1) is 0 Å². The van der Waals surface area contributed by atoms with Gasteiger partial charge >= 0.3 is 59.5 Å². The summed E-state index contributed by atoms with van der Waals surface area (Å²) in [5, 5.41) is 7.86. The van der Waals surface area contributed by atoms with Crippen LogP contribution in [0.2, 0.25) is 46.3 Å². The summed E-state index contributed by atoms with van der Waals surface area (Å²) in [4.78, 5) is 19.5. The molecular weight excluding hydrogens is 267 g/mol. The molecule has 0 aromatic heterocycles. The molecule has 0 amide bonds. The number of ketones is 1. The van der Waals surface area contributed by atoms with Crippen LogP contribution in [0.3, 0.4) is 0 Å². The molecule has 3 nitrogen and oxygen atoms in total. The van der Waals surface area contributed by atoms with Crippen molar-refractivity contribution in [2.75, 3.05) is 0 Å². The maximum absolute atomic E-state index is 9.87. The fourth-order valence-electron chi connectivity index (χ4n) is 20.7. The minimum atomic E-state index is -2.55. The van der Waals surface area contributed by atoms with E-state index in [4.69, 9.17) is 5.11 Å². The van der Waals surface area contributed by atoms with Gasteiger partial charge < -0.3 is 5.11 Å². The van der Waals surface area contributed by atoms with Crippen molar-refractivity contribution in [3.05, 3.63) is 0 Å². The zero-order valence-corrected chi connectivity index (χ0v) is 11.6. The van der Waals surface area contributed by atoms with Crippen LogP contribution in [-0.4, -0.2) is 16.9 Å². The van der Waals surface area contributed by atoms with Gasteiger partial charge in [-0.05, 0) is 6.92 Å². The molecule has 10 fully saturated rings. The van der Waals surface area contributed by atoms with Gasteiger partial charge in [0, 0.05) is 0 Å². The van der Waals surface area contributed by atoms with Crippen LogP contribution in [0.5, 0.6) is 0 Å². The van der Waals surface area contributed by atoms with Crippen molar-refractivity contribution in [2.24, 2.45) is 0 Å². The van der Waals surface area contributed by atoms with Crippen LogP contribution < -0.4 is 0 Å². The van der Waals surface area contributed by atoms with E-state index in [1.54, 1.807) is 46.3 Å². The average molecular weight is 283 g/mol. The molecule has 10 aliphatic rings. The molecule has 0 unspecified atom stereocenters. The Morgan fingerprint density at radius 2 is 1.11 bits per heavy atom. The van der Waals surface area contributed by atoms with Crippen molar-refractivity contribution < 1.29 is 21.9 Å². The van der Waals surface area contributed by atoms with Crippen molar-refractivity contribution in [1.29, 1.82) is 0 Å². The number of carbonyl (C=O) groups excluding carboxylic acids is 1. The van der Waals surface area contributed by atoms with Gasteiger partial charge in [-0.1, -0.05) is 0 Å². The molecule has 10 saturated heterocycles. The fourth-order valence-corrected chi connectivity index (χ4v) is 122. The topological polar surface area (TPSA) is 54.4 Å². The number of hydrogen-bond donors (Lipinski definition) is 1. The number of aliphatic carboxylic acids is 1. The van der Waals surface area contributed by atoms with Crippen LogP contribution in [-0.2, 0) is 16.8 Å². The van der Waals surface area contributed by atoms with E-state index >= 15 is 0 Å². The zero-order chi connectivity index (χ0) is 12.0. The van der Waals surface area contributed by atoms with Gasteiger partial charge in [0.15, 0.2) is 0 Å². The van der Waals surface area contributed by atoms with E-state index in [0.29, 0.717) is 0 Å². The Hall–Kier alpha value is -0.276. The van der Waals surface area contributed by atoms with E-state index in [2.05, 4.69) is 0 Å². The van der Waals surface area contributed by atoms with Crippen LogP contribution in [0.1, 0.15) is 13.3 Å². The van der Waals surface area contributed by atoms with Gasteiger partial charge in [0.1, 0.15) is 12.2 Å². The van der Waals surface area contributed by atoms with Crippen molar-refractivity contribution in [3.63, 3.8) is 0 Å². The first kappa shape index (κ1) is 7.49. The molecule has 0 saturated carbocycles. The first-order valence-corrected chi connectivity index (χ1v) is 15.8. The summed E-state index contributed by atoms with van der Waals surface area (Å²) in [5.74, 6) is -1.37. The molecule has 95 valence electrons. The van der Waals surface area contributed by atoms with E-state index in [-0.39, 0.29) is 12.2 Å². The van der Waals surface area contributed by atoms with Gasteiger partial charge in [0.25, 0.3) is 0 Å². The van der Waals surface area contributed by atoms with Crippen LogP contribution in [0.25, 0.3) is 0 Å². The Morgan fingerprint density at radius 3 is 1.11 bits per heavy atom. The Kier molecular flexibility index (Phi) is 0.258. The number of hydrogen-bond acceptors (Lipinski definition) is 2. The Labute approximate surface area is 93.4 Å². The van der Waals surface area contributed by atoms with Gasteiger partial charge in [0.2, 0.25) is 0 Å². The van der Waals surface area contributed by atoms with E-state index < -0.39 is 13.2 Å². The van der Waals surface area contributed by atoms with Crippen LogP contribution in [0, 0.1) is 0 Å². The molecule has 0 aliphatic carbocycles. The Morgan fingerprint density at radius 1 is 0.833 bits per heavy atom. The number of carbonyl (C=O) groups is 2.